The van der Waals surface area contributed by atoms with Gasteiger partial charge in [0.05, 0.1) is 25.2 Å². The van der Waals surface area contributed by atoms with Crippen molar-refractivity contribution in [3.63, 3.8) is 0 Å². The lowest BCUT2D eigenvalue weighted by Gasteiger charge is -2.36. The second-order valence-corrected chi connectivity index (χ2v) is 13.1. The van der Waals surface area contributed by atoms with E-state index in [2.05, 4.69) is 53.2 Å². The van der Waals surface area contributed by atoms with Crippen LogP contribution in [-0.2, 0) is 9.53 Å². The van der Waals surface area contributed by atoms with Crippen LogP contribution in [-0.4, -0.2) is 56.1 Å². The van der Waals surface area contributed by atoms with Crippen molar-refractivity contribution in [2.75, 3.05) is 38.9 Å². The molecule has 0 bridgehead atoms. The number of aryl methyl sites for hydroxylation is 1. The van der Waals surface area contributed by atoms with Gasteiger partial charge in [-0.15, -0.1) is 0 Å². The lowest BCUT2D eigenvalue weighted by molar-refractivity contribution is -0.124. The standard InChI is InChI=1S/C35H46N2O5S/c1-24-20-28(14-17-32(24)40-2)26-10-8-25(9-11-26)23-37(34(39)27-12-15-31(16-13-27)42-19-5-18-38)30-7-4-6-29(21-30)33-22-36-35(41-3)43-33/h4,6-7,14,17,20-22,25-27,31,38H,5,8-13,15-16,18-19,23H2,1-3H3. The maximum Gasteiger partial charge on any atom is 0.273 e. The first-order chi connectivity index (χ1) is 21.0. The Labute approximate surface area is 260 Å². The maximum atomic E-state index is 14.2. The fourth-order valence-electron chi connectivity index (χ4n) is 6.74. The molecule has 0 unspecified atom stereocenters. The molecule has 1 amide bonds. The molecular formula is C35H46N2O5S. The van der Waals surface area contributed by atoms with Gasteiger partial charge in [0.2, 0.25) is 5.91 Å². The number of hydrogen-bond acceptors (Lipinski definition) is 7. The van der Waals surface area contributed by atoms with Gasteiger partial charge >= 0.3 is 0 Å². The van der Waals surface area contributed by atoms with E-state index >= 15 is 0 Å². The number of rotatable bonds is 12. The van der Waals surface area contributed by atoms with E-state index in [1.54, 1.807) is 14.2 Å². The average Bonchev–Trinajstić information content (AvgIpc) is 3.54. The second kappa shape index (κ2) is 15.2. The minimum Gasteiger partial charge on any atom is -0.496 e. The summed E-state index contributed by atoms with van der Waals surface area (Å²) in [5.74, 6) is 2.20. The van der Waals surface area contributed by atoms with Crippen LogP contribution in [0.15, 0.2) is 48.7 Å². The molecule has 0 radical (unpaired) electrons. The molecule has 232 valence electrons. The van der Waals surface area contributed by atoms with Crippen molar-refractivity contribution in [3.8, 4) is 21.4 Å². The minimum atomic E-state index is 0.00320. The Bertz CT molecular complexity index is 1330. The van der Waals surface area contributed by atoms with Crippen molar-refractivity contribution in [1.82, 2.24) is 4.98 Å². The number of ether oxygens (including phenoxy) is 3. The highest BCUT2D eigenvalue weighted by molar-refractivity contribution is 7.16. The number of aliphatic hydroxyl groups excluding tert-OH is 1. The van der Waals surface area contributed by atoms with Gasteiger partial charge in [-0.05, 0) is 111 Å². The normalized spacial score (nSPS) is 22.2. The van der Waals surface area contributed by atoms with Gasteiger partial charge in [-0.3, -0.25) is 4.79 Å². The topological polar surface area (TPSA) is 81.1 Å². The monoisotopic (exact) mass is 606 g/mol. The molecule has 2 aliphatic carbocycles. The Balaban J connectivity index is 1.30. The number of methoxy groups -OCH3 is 2. The Morgan fingerprint density at radius 1 is 1.00 bits per heavy atom. The zero-order chi connectivity index (χ0) is 30.2. The fourth-order valence-corrected chi connectivity index (χ4v) is 7.47. The number of aromatic nitrogens is 1. The lowest BCUT2D eigenvalue weighted by atomic mass is 9.78. The summed E-state index contributed by atoms with van der Waals surface area (Å²) in [7, 11) is 3.36. The molecule has 2 aliphatic rings. The molecule has 0 aliphatic heterocycles. The van der Waals surface area contributed by atoms with Crippen LogP contribution in [0.5, 0.6) is 10.9 Å². The van der Waals surface area contributed by atoms with E-state index in [9.17, 15) is 4.79 Å². The van der Waals surface area contributed by atoms with E-state index in [1.807, 2.05) is 12.3 Å². The highest BCUT2D eigenvalue weighted by atomic mass is 32.1. The third-order valence-electron chi connectivity index (χ3n) is 9.22. The summed E-state index contributed by atoms with van der Waals surface area (Å²) in [6.07, 6.45) is 10.6. The van der Waals surface area contributed by atoms with Gasteiger partial charge in [0.25, 0.3) is 5.19 Å². The van der Waals surface area contributed by atoms with Crippen LogP contribution < -0.4 is 14.4 Å². The number of carbonyl (C=O) groups is 1. The van der Waals surface area contributed by atoms with E-state index in [0.29, 0.717) is 30.1 Å². The van der Waals surface area contributed by atoms with Crippen LogP contribution >= 0.6 is 11.3 Å². The van der Waals surface area contributed by atoms with Gasteiger partial charge in [0.15, 0.2) is 0 Å². The van der Waals surface area contributed by atoms with Crippen LogP contribution in [0.4, 0.5) is 5.69 Å². The zero-order valence-corrected chi connectivity index (χ0v) is 26.6. The smallest absolute Gasteiger partial charge is 0.273 e. The van der Waals surface area contributed by atoms with Gasteiger partial charge in [0, 0.05) is 37.6 Å². The Hall–Kier alpha value is -2.94. The largest absolute Gasteiger partial charge is 0.496 e. The molecule has 2 saturated carbocycles. The molecule has 0 atom stereocenters. The predicted molar refractivity (Wildman–Crippen MR) is 172 cm³/mol. The van der Waals surface area contributed by atoms with E-state index in [0.717, 1.165) is 79.8 Å². The summed E-state index contributed by atoms with van der Waals surface area (Å²) in [5.41, 5.74) is 4.60. The first-order valence-electron chi connectivity index (χ1n) is 15.8. The number of anilines is 1. The summed E-state index contributed by atoms with van der Waals surface area (Å²) >= 11 is 1.51. The molecule has 1 heterocycles. The average molecular weight is 607 g/mol. The predicted octanol–water partition coefficient (Wildman–Crippen LogP) is 7.40. The SMILES string of the molecule is COc1ncc(-c2cccc(N(CC3CCC(c4ccc(OC)c(C)c4)CC3)C(=O)C3CCC(OCCCO)CC3)c2)s1. The number of benzene rings is 2. The highest BCUT2D eigenvalue weighted by Gasteiger charge is 2.33. The number of nitrogens with zero attached hydrogens (tertiary/aromatic N) is 2. The van der Waals surface area contributed by atoms with Gasteiger partial charge in [0.1, 0.15) is 5.75 Å². The van der Waals surface area contributed by atoms with Crippen LogP contribution in [0, 0.1) is 18.8 Å². The first kappa shape index (κ1) is 31.5. The number of aliphatic hydroxyl groups is 1. The van der Waals surface area contributed by atoms with Crippen molar-refractivity contribution in [2.24, 2.45) is 11.8 Å². The van der Waals surface area contributed by atoms with Crippen molar-refractivity contribution < 1.29 is 24.1 Å². The molecule has 2 fully saturated rings. The summed E-state index contributed by atoms with van der Waals surface area (Å²) in [6.45, 7) is 3.59. The summed E-state index contributed by atoms with van der Waals surface area (Å²) in [5, 5.41) is 9.71. The third-order valence-corrected chi connectivity index (χ3v) is 10.2. The molecule has 0 saturated heterocycles. The molecule has 5 rings (SSSR count). The molecule has 0 spiro atoms. The van der Waals surface area contributed by atoms with Crippen molar-refractivity contribution >= 4 is 22.9 Å². The van der Waals surface area contributed by atoms with Gasteiger partial charge in [-0.25, -0.2) is 4.98 Å². The molecule has 7 nitrogen and oxygen atoms in total. The molecular weight excluding hydrogens is 560 g/mol. The van der Waals surface area contributed by atoms with E-state index in [-0.39, 0.29) is 24.5 Å². The first-order valence-corrected chi connectivity index (χ1v) is 16.6. The fraction of sp³-hybridized carbons (Fsp3) is 0.543. The summed E-state index contributed by atoms with van der Waals surface area (Å²) in [4.78, 5) is 21.7. The van der Waals surface area contributed by atoms with Crippen LogP contribution in [0.25, 0.3) is 10.4 Å². The van der Waals surface area contributed by atoms with Crippen LogP contribution in [0.1, 0.15) is 74.8 Å². The van der Waals surface area contributed by atoms with Crippen LogP contribution in [0.2, 0.25) is 0 Å². The third kappa shape index (κ3) is 7.97. The number of hydrogen-bond donors (Lipinski definition) is 1. The minimum absolute atomic E-state index is 0.00320. The number of carbonyl (C=O) groups excluding carboxylic acids is 1. The van der Waals surface area contributed by atoms with Crippen molar-refractivity contribution in [1.29, 1.82) is 0 Å². The molecule has 3 aromatic rings. The number of thiazole rings is 1. The molecule has 1 N–H and O–H groups in total. The maximum absolute atomic E-state index is 14.2. The van der Waals surface area contributed by atoms with Crippen LogP contribution in [0.3, 0.4) is 0 Å². The van der Waals surface area contributed by atoms with Crippen molar-refractivity contribution in [3.05, 3.63) is 59.8 Å². The molecule has 1 aromatic heterocycles. The summed E-state index contributed by atoms with van der Waals surface area (Å²) < 4.78 is 16.7. The Morgan fingerprint density at radius 3 is 2.47 bits per heavy atom. The van der Waals surface area contributed by atoms with E-state index in [1.165, 1.54) is 22.5 Å². The van der Waals surface area contributed by atoms with Crippen molar-refractivity contribution in [2.45, 2.75) is 76.7 Å². The Kier molecular flexibility index (Phi) is 11.1. The van der Waals surface area contributed by atoms with E-state index < -0.39 is 0 Å². The molecule has 8 heteroatoms. The lowest BCUT2D eigenvalue weighted by Crippen LogP contribution is -2.42. The number of amides is 1. The zero-order valence-electron chi connectivity index (χ0n) is 25.8. The molecule has 2 aromatic carbocycles. The van der Waals surface area contributed by atoms with E-state index in [4.69, 9.17) is 19.3 Å². The quantitative estimate of drug-likeness (QED) is 0.216. The van der Waals surface area contributed by atoms with Gasteiger partial charge < -0.3 is 24.2 Å². The Morgan fingerprint density at radius 2 is 1.79 bits per heavy atom. The highest BCUT2D eigenvalue weighted by Crippen LogP contribution is 2.39. The van der Waals surface area contributed by atoms with Gasteiger partial charge in [-0.1, -0.05) is 35.6 Å². The molecule has 43 heavy (non-hydrogen) atoms. The summed E-state index contributed by atoms with van der Waals surface area (Å²) in [6, 6.07) is 14.9. The second-order valence-electron chi connectivity index (χ2n) is 12.1. The van der Waals surface area contributed by atoms with Gasteiger partial charge in [-0.2, -0.15) is 0 Å².